The van der Waals surface area contributed by atoms with Gasteiger partial charge >= 0.3 is 0 Å². The smallest absolute Gasteiger partial charge is 0.254 e. The summed E-state index contributed by atoms with van der Waals surface area (Å²) in [5, 5.41) is 1.93. The molecule has 1 aromatic heterocycles. The molecular formula is C13H19BrN2OS. The molecule has 1 aliphatic heterocycles. The van der Waals surface area contributed by atoms with Crippen LogP contribution in [0, 0.1) is 5.92 Å². The van der Waals surface area contributed by atoms with E-state index in [2.05, 4.69) is 34.9 Å². The van der Waals surface area contributed by atoms with Crippen molar-refractivity contribution in [3.8, 4) is 0 Å². The zero-order valence-corrected chi connectivity index (χ0v) is 13.3. The fourth-order valence-electron chi connectivity index (χ4n) is 2.44. The van der Waals surface area contributed by atoms with Crippen molar-refractivity contribution in [2.75, 3.05) is 33.7 Å². The minimum absolute atomic E-state index is 0.181. The zero-order valence-electron chi connectivity index (χ0n) is 10.9. The average molecular weight is 331 g/mol. The molecule has 1 aliphatic rings. The summed E-state index contributed by atoms with van der Waals surface area (Å²) in [6, 6.07) is 1.92. The lowest BCUT2D eigenvalue weighted by molar-refractivity contribution is 0.0678. The van der Waals surface area contributed by atoms with Crippen molar-refractivity contribution in [3.63, 3.8) is 0 Å². The van der Waals surface area contributed by atoms with E-state index in [4.69, 9.17) is 0 Å². The lowest BCUT2D eigenvalue weighted by atomic mass is 9.96. The first-order valence-electron chi connectivity index (χ1n) is 6.24. The third-order valence-electron chi connectivity index (χ3n) is 3.34. The Bertz CT molecular complexity index is 411. The predicted molar refractivity (Wildman–Crippen MR) is 79.2 cm³/mol. The number of likely N-dealkylation sites (tertiary alicyclic amines) is 1. The van der Waals surface area contributed by atoms with Gasteiger partial charge in [-0.25, -0.2) is 0 Å². The third-order valence-corrected chi connectivity index (χ3v) is 4.84. The van der Waals surface area contributed by atoms with Crippen molar-refractivity contribution in [2.24, 2.45) is 5.92 Å². The van der Waals surface area contributed by atoms with E-state index in [1.54, 1.807) is 11.3 Å². The monoisotopic (exact) mass is 330 g/mol. The van der Waals surface area contributed by atoms with E-state index in [0.29, 0.717) is 0 Å². The highest BCUT2D eigenvalue weighted by Gasteiger charge is 2.24. The van der Waals surface area contributed by atoms with Crippen LogP contribution in [-0.2, 0) is 0 Å². The predicted octanol–water partition coefficient (Wildman–Crippen LogP) is 2.92. The van der Waals surface area contributed by atoms with Crippen LogP contribution in [0.4, 0.5) is 0 Å². The second kappa shape index (κ2) is 6.17. The van der Waals surface area contributed by atoms with Gasteiger partial charge in [-0.05, 0) is 54.9 Å². The second-order valence-electron chi connectivity index (χ2n) is 5.14. The molecule has 1 aromatic rings. The Labute approximate surface area is 121 Å². The van der Waals surface area contributed by atoms with Crippen LogP contribution in [0.3, 0.4) is 0 Å². The molecule has 0 saturated carbocycles. The number of nitrogens with zero attached hydrogens (tertiary/aromatic N) is 2. The molecule has 0 bridgehead atoms. The molecular weight excluding hydrogens is 312 g/mol. The fraction of sp³-hybridized carbons (Fsp3) is 0.615. The largest absolute Gasteiger partial charge is 0.339 e. The Morgan fingerprint density at radius 2 is 2.17 bits per heavy atom. The normalized spacial score (nSPS) is 17.4. The summed E-state index contributed by atoms with van der Waals surface area (Å²) < 4.78 is 1.02. The first kappa shape index (κ1) is 14.0. The van der Waals surface area contributed by atoms with Crippen molar-refractivity contribution in [1.29, 1.82) is 0 Å². The van der Waals surface area contributed by atoms with Gasteiger partial charge in [0.15, 0.2) is 0 Å². The van der Waals surface area contributed by atoms with Crippen molar-refractivity contribution in [1.82, 2.24) is 9.80 Å². The molecule has 0 aromatic carbocycles. The van der Waals surface area contributed by atoms with Gasteiger partial charge in [0.05, 0.1) is 9.35 Å². The van der Waals surface area contributed by atoms with E-state index < -0.39 is 0 Å². The standard InChI is InChI=1S/C13H19BrN2OS/c1-15(2)8-10-3-5-16(6-4-10)13(17)11-7-12(14)18-9-11/h7,9-10H,3-6,8H2,1-2H3. The summed E-state index contributed by atoms with van der Waals surface area (Å²) in [5.41, 5.74) is 0.818. The molecule has 1 fully saturated rings. The van der Waals surface area contributed by atoms with Gasteiger partial charge < -0.3 is 9.80 Å². The van der Waals surface area contributed by atoms with Crippen LogP contribution in [0.1, 0.15) is 23.2 Å². The Balaban J connectivity index is 1.88. The molecule has 5 heteroatoms. The van der Waals surface area contributed by atoms with Crippen LogP contribution in [-0.4, -0.2) is 49.4 Å². The van der Waals surface area contributed by atoms with Crippen LogP contribution < -0.4 is 0 Å². The van der Waals surface area contributed by atoms with Gasteiger partial charge in [0.25, 0.3) is 5.91 Å². The number of amides is 1. The number of thiophene rings is 1. The average Bonchev–Trinajstić information content (AvgIpc) is 2.75. The van der Waals surface area contributed by atoms with Crippen molar-refractivity contribution < 1.29 is 4.79 Å². The Morgan fingerprint density at radius 1 is 1.50 bits per heavy atom. The Kier molecular flexibility index (Phi) is 4.81. The SMILES string of the molecule is CN(C)CC1CCN(C(=O)c2csc(Br)c2)CC1. The fourth-order valence-corrected chi connectivity index (χ4v) is 3.57. The number of halogens is 1. The number of hydrogen-bond donors (Lipinski definition) is 0. The minimum atomic E-state index is 0.181. The van der Waals surface area contributed by atoms with Crippen LogP contribution in [0.25, 0.3) is 0 Å². The van der Waals surface area contributed by atoms with Crippen molar-refractivity contribution >= 4 is 33.2 Å². The maximum atomic E-state index is 12.2. The number of carbonyl (C=O) groups is 1. The summed E-state index contributed by atoms with van der Waals surface area (Å²) in [6.07, 6.45) is 2.24. The molecule has 0 aliphatic carbocycles. The van der Waals surface area contributed by atoms with Crippen LogP contribution in [0.15, 0.2) is 15.2 Å². The maximum absolute atomic E-state index is 12.2. The summed E-state index contributed by atoms with van der Waals surface area (Å²) in [4.78, 5) is 16.5. The first-order valence-corrected chi connectivity index (χ1v) is 7.91. The highest BCUT2D eigenvalue weighted by atomic mass is 79.9. The zero-order chi connectivity index (χ0) is 13.1. The van der Waals surface area contributed by atoms with E-state index in [1.165, 1.54) is 0 Å². The minimum Gasteiger partial charge on any atom is -0.339 e. The molecule has 0 atom stereocenters. The number of piperidine rings is 1. The molecule has 1 amide bonds. The number of hydrogen-bond acceptors (Lipinski definition) is 3. The van der Waals surface area contributed by atoms with Gasteiger partial charge in [-0.3, -0.25) is 4.79 Å². The maximum Gasteiger partial charge on any atom is 0.254 e. The van der Waals surface area contributed by atoms with E-state index >= 15 is 0 Å². The highest BCUT2D eigenvalue weighted by molar-refractivity contribution is 9.11. The van der Waals surface area contributed by atoms with Gasteiger partial charge in [0, 0.05) is 25.0 Å². The number of carbonyl (C=O) groups excluding carboxylic acids is 1. The Hall–Kier alpha value is -0.390. The lowest BCUT2D eigenvalue weighted by Gasteiger charge is -2.33. The molecule has 0 unspecified atom stereocenters. The molecule has 2 rings (SSSR count). The molecule has 100 valence electrons. The molecule has 0 radical (unpaired) electrons. The van der Waals surface area contributed by atoms with Crippen LogP contribution >= 0.6 is 27.3 Å². The Morgan fingerprint density at radius 3 is 2.67 bits per heavy atom. The van der Waals surface area contributed by atoms with Gasteiger partial charge in [-0.15, -0.1) is 11.3 Å². The first-order chi connectivity index (χ1) is 8.56. The quantitative estimate of drug-likeness (QED) is 0.850. The molecule has 18 heavy (non-hydrogen) atoms. The lowest BCUT2D eigenvalue weighted by Crippen LogP contribution is -2.40. The molecule has 0 spiro atoms. The summed E-state index contributed by atoms with van der Waals surface area (Å²) in [7, 11) is 4.22. The summed E-state index contributed by atoms with van der Waals surface area (Å²) in [6.45, 7) is 2.92. The van der Waals surface area contributed by atoms with E-state index in [-0.39, 0.29) is 5.91 Å². The van der Waals surface area contributed by atoms with Crippen LogP contribution in [0.2, 0.25) is 0 Å². The topological polar surface area (TPSA) is 23.6 Å². The van der Waals surface area contributed by atoms with Gasteiger partial charge in [0.1, 0.15) is 0 Å². The second-order valence-corrected chi connectivity index (χ2v) is 7.43. The number of rotatable bonds is 3. The highest BCUT2D eigenvalue weighted by Crippen LogP contribution is 2.24. The van der Waals surface area contributed by atoms with Crippen molar-refractivity contribution in [3.05, 3.63) is 20.8 Å². The molecule has 3 nitrogen and oxygen atoms in total. The van der Waals surface area contributed by atoms with Crippen LogP contribution in [0.5, 0.6) is 0 Å². The van der Waals surface area contributed by atoms with Crippen molar-refractivity contribution in [2.45, 2.75) is 12.8 Å². The molecule has 2 heterocycles. The van der Waals surface area contributed by atoms with Gasteiger partial charge in [-0.1, -0.05) is 0 Å². The third kappa shape index (κ3) is 3.56. The van der Waals surface area contributed by atoms with E-state index in [1.807, 2.05) is 16.3 Å². The van der Waals surface area contributed by atoms with E-state index in [0.717, 1.165) is 47.7 Å². The summed E-state index contributed by atoms with van der Waals surface area (Å²) in [5.74, 6) is 0.915. The summed E-state index contributed by atoms with van der Waals surface area (Å²) >= 11 is 4.97. The van der Waals surface area contributed by atoms with Gasteiger partial charge in [-0.2, -0.15) is 0 Å². The molecule has 0 N–H and O–H groups in total. The van der Waals surface area contributed by atoms with E-state index in [9.17, 15) is 4.79 Å². The van der Waals surface area contributed by atoms with Gasteiger partial charge in [0.2, 0.25) is 0 Å². The molecule has 1 saturated heterocycles.